The summed E-state index contributed by atoms with van der Waals surface area (Å²) in [5, 5.41) is 2.70. The molecule has 10 nitrogen and oxygen atoms in total. The number of rotatable bonds is 7. The van der Waals surface area contributed by atoms with Crippen LogP contribution < -0.4 is 10.1 Å². The Hall–Kier alpha value is -2.89. The van der Waals surface area contributed by atoms with Crippen molar-refractivity contribution in [1.82, 2.24) is 9.21 Å². The molecule has 0 saturated carbocycles. The number of carbonyl (C=O) groups excluding carboxylic acids is 2. The van der Waals surface area contributed by atoms with Gasteiger partial charge in [0.1, 0.15) is 11.5 Å². The zero-order valence-electron chi connectivity index (χ0n) is 20.3. The maximum Gasteiger partial charge on any atom is 0.262 e. The summed E-state index contributed by atoms with van der Waals surface area (Å²) in [6.45, 7) is 3.63. The van der Waals surface area contributed by atoms with E-state index in [-0.39, 0.29) is 48.4 Å². The molecule has 2 saturated heterocycles. The van der Waals surface area contributed by atoms with Crippen molar-refractivity contribution in [3.05, 3.63) is 41.9 Å². The number of benzene rings is 1. The second-order valence-electron chi connectivity index (χ2n) is 9.56. The van der Waals surface area contributed by atoms with Crippen molar-refractivity contribution < 1.29 is 31.9 Å². The number of hydrogen-bond acceptors (Lipinski definition) is 7. The highest BCUT2D eigenvalue weighted by Gasteiger charge is 2.36. The molecule has 0 radical (unpaired) electrons. The molecule has 2 aromatic rings. The van der Waals surface area contributed by atoms with Gasteiger partial charge in [-0.25, -0.2) is 8.42 Å². The third kappa shape index (κ3) is 5.14. The van der Waals surface area contributed by atoms with Gasteiger partial charge in [0, 0.05) is 38.2 Å². The number of amides is 2. The van der Waals surface area contributed by atoms with E-state index < -0.39 is 10.0 Å². The van der Waals surface area contributed by atoms with Crippen LogP contribution in [0.2, 0.25) is 0 Å². The first kappa shape index (κ1) is 24.8. The normalized spacial score (nSPS) is 21.0. The fourth-order valence-electron chi connectivity index (χ4n) is 5.09. The lowest BCUT2D eigenvalue weighted by Crippen LogP contribution is -2.46. The van der Waals surface area contributed by atoms with E-state index in [0.717, 1.165) is 12.8 Å². The van der Waals surface area contributed by atoms with Gasteiger partial charge < -0.3 is 24.1 Å². The first-order valence-corrected chi connectivity index (χ1v) is 13.8. The zero-order valence-corrected chi connectivity index (χ0v) is 21.1. The fourth-order valence-corrected chi connectivity index (χ4v) is 6.78. The Morgan fingerprint density at radius 2 is 2.03 bits per heavy atom. The number of sulfonamides is 1. The summed E-state index contributed by atoms with van der Waals surface area (Å²) in [6, 6.07) is 6.74. The Bertz CT molecular complexity index is 1210. The van der Waals surface area contributed by atoms with Crippen molar-refractivity contribution in [1.29, 1.82) is 0 Å². The van der Waals surface area contributed by atoms with Crippen LogP contribution in [0, 0.1) is 12.8 Å². The van der Waals surface area contributed by atoms with Crippen molar-refractivity contribution in [2.45, 2.75) is 50.2 Å². The third-order valence-corrected chi connectivity index (χ3v) is 9.06. The average molecular weight is 518 g/mol. The molecular formula is C25H31N3O7S. The molecule has 0 spiro atoms. The van der Waals surface area contributed by atoms with Crippen LogP contribution in [0.5, 0.6) is 5.75 Å². The molecule has 1 aromatic heterocycles. The quantitative estimate of drug-likeness (QED) is 0.600. The van der Waals surface area contributed by atoms with E-state index in [1.165, 1.54) is 10.4 Å². The zero-order chi connectivity index (χ0) is 25.3. The summed E-state index contributed by atoms with van der Waals surface area (Å²) < 4.78 is 45.0. The second kappa shape index (κ2) is 10.2. The second-order valence-corrected chi connectivity index (χ2v) is 11.5. The first-order chi connectivity index (χ1) is 17.3. The largest absolute Gasteiger partial charge is 0.482 e. The average Bonchev–Trinajstić information content (AvgIpc) is 3.57. The van der Waals surface area contributed by atoms with Crippen LogP contribution in [0.1, 0.15) is 37.0 Å². The topological polar surface area (TPSA) is 118 Å². The van der Waals surface area contributed by atoms with Crippen LogP contribution in [0.4, 0.5) is 5.69 Å². The van der Waals surface area contributed by atoms with E-state index in [2.05, 4.69) is 5.32 Å². The number of anilines is 1. The molecule has 5 rings (SSSR count). The highest BCUT2D eigenvalue weighted by molar-refractivity contribution is 7.89. The van der Waals surface area contributed by atoms with E-state index in [0.29, 0.717) is 55.3 Å². The molecule has 194 valence electrons. The van der Waals surface area contributed by atoms with Crippen LogP contribution in [0.3, 0.4) is 0 Å². The number of fused-ring (bicyclic) bond motifs is 1. The molecule has 2 fully saturated rings. The minimum atomic E-state index is -3.79. The maximum absolute atomic E-state index is 13.5. The molecule has 0 bridgehead atoms. The van der Waals surface area contributed by atoms with Gasteiger partial charge in [0.2, 0.25) is 15.9 Å². The monoisotopic (exact) mass is 517 g/mol. The van der Waals surface area contributed by atoms with Gasteiger partial charge in [0.25, 0.3) is 5.91 Å². The summed E-state index contributed by atoms with van der Waals surface area (Å²) in [7, 11) is -3.79. The van der Waals surface area contributed by atoms with Crippen molar-refractivity contribution in [3.8, 4) is 5.75 Å². The molecule has 2 amide bonds. The fraction of sp³-hybridized carbons (Fsp3) is 0.520. The molecule has 11 heteroatoms. The van der Waals surface area contributed by atoms with Gasteiger partial charge in [-0.1, -0.05) is 0 Å². The minimum absolute atomic E-state index is 0.00745. The summed E-state index contributed by atoms with van der Waals surface area (Å²) in [5.41, 5.74) is 0.994. The molecule has 0 unspecified atom stereocenters. The SMILES string of the molecule is Cc1cc2c(cc1S(=O)(=O)N1CCC(C(=O)N(Cc3ccco3)C[C@H]3CCCO3)CC1)OCC(=O)N2. The van der Waals surface area contributed by atoms with Gasteiger partial charge in [0.05, 0.1) is 29.5 Å². The number of furan rings is 1. The highest BCUT2D eigenvalue weighted by Crippen LogP contribution is 2.35. The Morgan fingerprint density at radius 3 is 2.72 bits per heavy atom. The molecule has 1 aromatic carbocycles. The molecule has 1 atom stereocenters. The van der Waals surface area contributed by atoms with Crippen LogP contribution in [0.25, 0.3) is 0 Å². The van der Waals surface area contributed by atoms with Crippen molar-refractivity contribution in [3.63, 3.8) is 0 Å². The van der Waals surface area contributed by atoms with Crippen LogP contribution in [-0.2, 0) is 30.9 Å². The van der Waals surface area contributed by atoms with Crippen molar-refractivity contribution in [2.24, 2.45) is 5.92 Å². The predicted octanol–water partition coefficient (Wildman–Crippen LogP) is 2.53. The molecule has 1 N–H and O–H groups in total. The van der Waals surface area contributed by atoms with E-state index in [1.54, 1.807) is 30.2 Å². The Labute approximate surface area is 210 Å². The number of ether oxygens (including phenoxy) is 2. The first-order valence-electron chi connectivity index (χ1n) is 12.3. The predicted molar refractivity (Wildman–Crippen MR) is 130 cm³/mol. The molecule has 0 aliphatic carbocycles. The molecule has 4 heterocycles. The van der Waals surface area contributed by atoms with E-state index in [1.807, 2.05) is 6.07 Å². The summed E-state index contributed by atoms with van der Waals surface area (Å²) in [5.74, 6) is 0.517. The maximum atomic E-state index is 13.5. The molecular weight excluding hydrogens is 486 g/mol. The van der Waals surface area contributed by atoms with Gasteiger partial charge in [0.15, 0.2) is 6.61 Å². The number of nitrogens with one attached hydrogen (secondary N) is 1. The summed E-state index contributed by atoms with van der Waals surface area (Å²) in [4.78, 5) is 27.0. The van der Waals surface area contributed by atoms with Gasteiger partial charge in [-0.3, -0.25) is 9.59 Å². The lowest BCUT2D eigenvalue weighted by atomic mass is 9.96. The molecule has 36 heavy (non-hydrogen) atoms. The van der Waals surface area contributed by atoms with Crippen molar-refractivity contribution in [2.75, 3.05) is 38.2 Å². The Kier molecular flexibility index (Phi) is 7.05. The standard InChI is InChI=1S/C25H31N3O7S/c1-17-12-21-22(35-16-24(29)26-21)13-23(17)36(31,32)28-8-6-18(7-9-28)25(30)27(14-19-4-2-10-33-19)15-20-5-3-11-34-20/h2,4,10,12-13,18,20H,3,5-9,11,14-16H2,1H3,(H,26,29)/t20-/m1/s1. The van der Waals surface area contributed by atoms with E-state index >= 15 is 0 Å². The highest BCUT2D eigenvalue weighted by atomic mass is 32.2. The lowest BCUT2D eigenvalue weighted by molar-refractivity contribution is -0.139. The number of carbonyl (C=O) groups is 2. The lowest BCUT2D eigenvalue weighted by Gasteiger charge is -2.34. The number of piperidine rings is 1. The van der Waals surface area contributed by atoms with Crippen LogP contribution in [-0.4, -0.2) is 68.4 Å². The number of hydrogen-bond donors (Lipinski definition) is 1. The smallest absolute Gasteiger partial charge is 0.262 e. The van der Waals surface area contributed by atoms with E-state index in [4.69, 9.17) is 13.9 Å². The van der Waals surface area contributed by atoms with Gasteiger partial charge in [-0.15, -0.1) is 0 Å². The minimum Gasteiger partial charge on any atom is -0.482 e. The van der Waals surface area contributed by atoms with Crippen LogP contribution >= 0.6 is 0 Å². The Morgan fingerprint density at radius 1 is 1.22 bits per heavy atom. The summed E-state index contributed by atoms with van der Waals surface area (Å²) >= 11 is 0. The number of nitrogens with zero attached hydrogens (tertiary/aromatic N) is 2. The van der Waals surface area contributed by atoms with Gasteiger partial charge in [-0.2, -0.15) is 4.31 Å². The molecule has 3 aliphatic rings. The van der Waals surface area contributed by atoms with Crippen LogP contribution in [0.15, 0.2) is 39.8 Å². The van der Waals surface area contributed by atoms with Gasteiger partial charge in [-0.05, 0) is 56.4 Å². The van der Waals surface area contributed by atoms with Gasteiger partial charge >= 0.3 is 0 Å². The summed E-state index contributed by atoms with van der Waals surface area (Å²) in [6.07, 6.45) is 4.40. The third-order valence-electron chi connectivity index (χ3n) is 7.02. The van der Waals surface area contributed by atoms with Crippen molar-refractivity contribution >= 4 is 27.5 Å². The van der Waals surface area contributed by atoms with E-state index in [9.17, 15) is 18.0 Å². The number of aryl methyl sites for hydroxylation is 1. The Balaban J connectivity index is 1.27. The molecule has 3 aliphatic heterocycles.